The number of nitrogen functional groups attached to an aromatic ring is 1. The lowest BCUT2D eigenvalue weighted by Crippen LogP contribution is -2.28. The molecule has 1 aromatic heterocycles. The molecular weight excluding hydrogens is 236 g/mol. The number of nitrogens with one attached hydrogen (secondary N) is 2. The Morgan fingerprint density at radius 1 is 1.53 bits per heavy atom. The number of aromatic nitrogens is 1. The number of hydrogen-bond donors (Lipinski definition) is 3. The summed E-state index contributed by atoms with van der Waals surface area (Å²) < 4.78 is 4.03. The molecule has 0 spiro atoms. The molecule has 0 unspecified atom stereocenters. The minimum atomic E-state index is 0.0707. The van der Waals surface area contributed by atoms with Crippen LogP contribution < -0.4 is 16.4 Å². The molecule has 0 aromatic carbocycles. The molecule has 96 valence electrons. The Labute approximate surface area is 106 Å². The van der Waals surface area contributed by atoms with Gasteiger partial charge in [0.2, 0.25) is 5.91 Å². The molecular formula is C11H20N4OS. The zero-order valence-electron chi connectivity index (χ0n) is 10.5. The predicted octanol–water partition coefficient (Wildman–Crippen LogP) is 1.61. The van der Waals surface area contributed by atoms with Gasteiger partial charge in [-0.05, 0) is 24.4 Å². The average molecular weight is 256 g/mol. The number of anilines is 2. The molecule has 6 heteroatoms. The van der Waals surface area contributed by atoms with E-state index >= 15 is 0 Å². The van der Waals surface area contributed by atoms with Crippen LogP contribution in [0.4, 0.5) is 10.8 Å². The Balaban J connectivity index is 2.24. The van der Waals surface area contributed by atoms with E-state index in [1.54, 1.807) is 0 Å². The second-order valence-electron chi connectivity index (χ2n) is 4.40. The number of carbonyl (C=O) groups excluding carboxylic acids is 1. The summed E-state index contributed by atoms with van der Waals surface area (Å²) in [5.74, 6) is 1.11. The van der Waals surface area contributed by atoms with Crippen LogP contribution in [-0.4, -0.2) is 23.4 Å². The van der Waals surface area contributed by atoms with E-state index in [1.807, 2.05) is 6.92 Å². The first-order valence-electron chi connectivity index (χ1n) is 5.73. The highest BCUT2D eigenvalue weighted by Gasteiger charge is 2.07. The van der Waals surface area contributed by atoms with Crippen molar-refractivity contribution >= 4 is 28.3 Å². The van der Waals surface area contributed by atoms with E-state index in [2.05, 4.69) is 28.9 Å². The summed E-state index contributed by atoms with van der Waals surface area (Å²) in [5.41, 5.74) is 6.59. The summed E-state index contributed by atoms with van der Waals surface area (Å²) in [6, 6.07) is 0. The van der Waals surface area contributed by atoms with Crippen LogP contribution in [0.15, 0.2) is 0 Å². The van der Waals surface area contributed by atoms with E-state index in [1.165, 1.54) is 11.5 Å². The molecule has 0 radical (unpaired) electrons. The third kappa shape index (κ3) is 4.60. The molecule has 4 N–H and O–H groups in total. The lowest BCUT2D eigenvalue weighted by molar-refractivity contribution is -0.120. The monoisotopic (exact) mass is 256 g/mol. The molecule has 0 aliphatic heterocycles. The Kier molecular flexibility index (Phi) is 5.21. The number of hydrogen-bond acceptors (Lipinski definition) is 5. The van der Waals surface area contributed by atoms with Gasteiger partial charge in [-0.2, -0.15) is 4.37 Å². The first kappa shape index (κ1) is 13.8. The van der Waals surface area contributed by atoms with Crippen molar-refractivity contribution in [1.82, 2.24) is 9.69 Å². The molecule has 0 aliphatic carbocycles. The molecule has 1 rings (SSSR count). The van der Waals surface area contributed by atoms with E-state index < -0.39 is 0 Å². The van der Waals surface area contributed by atoms with Gasteiger partial charge in [-0.3, -0.25) is 4.79 Å². The summed E-state index contributed by atoms with van der Waals surface area (Å²) in [5, 5.41) is 6.98. The molecule has 5 nitrogen and oxygen atoms in total. The fourth-order valence-corrected chi connectivity index (χ4v) is 1.94. The Morgan fingerprint density at radius 2 is 2.24 bits per heavy atom. The number of nitrogens with zero attached hydrogens (tertiary/aromatic N) is 1. The Morgan fingerprint density at radius 3 is 2.76 bits per heavy atom. The highest BCUT2D eigenvalue weighted by Crippen LogP contribution is 2.24. The van der Waals surface area contributed by atoms with Gasteiger partial charge < -0.3 is 16.4 Å². The molecule has 0 aliphatic rings. The third-order valence-electron chi connectivity index (χ3n) is 2.31. The molecule has 0 fully saturated rings. The zero-order valence-corrected chi connectivity index (χ0v) is 11.4. The quantitative estimate of drug-likeness (QED) is 0.722. The molecule has 1 aromatic rings. The van der Waals surface area contributed by atoms with Crippen LogP contribution in [0, 0.1) is 12.8 Å². The van der Waals surface area contributed by atoms with Gasteiger partial charge in [-0.15, -0.1) is 0 Å². The minimum Gasteiger partial charge on any atom is -0.383 e. The fraction of sp³-hybridized carbons (Fsp3) is 0.636. The number of amides is 1. The Bertz CT molecular complexity index is 376. The van der Waals surface area contributed by atoms with Gasteiger partial charge in [-0.25, -0.2) is 0 Å². The van der Waals surface area contributed by atoms with Crippen LogP contribution in [0.3, 0.4) is 0 Å². The standard InChI is InChI=1S/C11H20N4OS/c1-7(2)6-14-9(16)4-5-13-11-8(3)10(12)15-17-11/h7,13H,4-6H2,1-3H3,(H2,12,15)(H,14,16). The van der Waals surface area contributed by atoms with Crippen molar-refractivity contribution in [2.75, 3.05) is 24.1 Å². The van der Waals surface area contributed by atoms with Crippen molar-refractivity contribution in [2.24, 2.45) is 5.92 Å². The van der Waals surface area contributed by atoms with Gasteiger partial charge >= 0.3 is 0 Å². The van der Waals surface area contributed by atoms with Crippen LogP contribution in [-0.2, 0) is 4.79 Å². The van der Waals surface area contributed by atoms with Crippen LogP contribution in [0.2, 0.25) is 0 Å². The highest BCUT2D eigenvalue weighted by molar-refractivity contribution is 7.10. The summed E-state index contributed by atoms with van der Waals surface area (Å²) in [6.07, 6.45) is 0.462. The average Bonchev–Trinajstić information content (AvgIpc) is 2.58. The van der Waals surface area contributed by atoms with Crippen molar-refractivity contribution < 1.29 is 4.79 Å². The predicted molar refractivity (Wildman–Crippen MR) is 72.2 cm³/mol. The van der Waals surface area contributed by atoms with E-state index in [-0.39, 0.29) is 5.91 Å². The fourth-order valence-electron chi connectivity index (χ4n) is 1.21. The maximum absolute atomic E-state index is 11.4. The second kappa shape index (κ2) is 6.44. The minimum absolute atomic E-state index is 0.0707. The van der Waals surface area contributed by atoms with Crippen LogP contribution in [0.25, 0.3) is 0 Å². The molecule has 17 heavy (non-hydrogen) atoms. The molecule has 0 saturated heterocycles. The lowest BCUT2D eigenvalue weighted by Gasteiger charge is -2.08. The van der Waals surface area contributed by atoms with Gasteiger partial charge in [0, 0.05) is 25.1 Å². The van der Waals surface area contributed by atoms with E-state index in [0.29, 0.717) is 24.7 Å². The molecule has 0 saturated carbocycles. The molecule has 1 heterocycles. The summed E-state index contributed by atoms with van der Waals surface area (Å²) in [4.78, 5) is 11.4. The summed E-state index contributed by atoms with van der Waals surface area (Å²) in [6.45, 7) is 7.39. The second-order valence-corrected chi connectivity index (χ2v) is 5.17. The normalized spacial score (nSPS) is 10.6. The number of carbonyl (C=O) groups is 1. The molecule has 1 amide bonds. The van der Waals surface area contributed by atoms with Crippen molar-refractivity contribution in [3.8, 4) is 0 Å². The molecule has 0 bridgehead atoms. The van der Waals surface area contributed by atoms with Gasteiger partial charge in [0.15, 0.2) is 0 Å². The van der Waals surface area contributed by atoms with E-state index in [4.69, 9.17) is 5.73 Å². The van der Waals surface area contributed by atoms with Crippen molar-refractivity contribution in [1.29, 1.82) is 0 Å². The zero-order chi connectivity index (χ0) is 12.8. The highest BCUT2D eigenvalue weighted by atomic mass is 32.1. The SMILES string of the molecule is Cc1c(N)nsc1NCCC(=O)NCC(C)C. The van der Waals surface area contributed by atoms with Crippen molar-refractivity contribution in [3.05, 3.63) is 5.56 Å². The lowest BCUT2D eigenvalue weighted by atomic mass is 10.2. The summed E-state index contributed by atoms with van der Waals surface area (Å²) in [7, 11) is 0. The van der Waals surface area contributed by atoms with Gasteiger partial charge in [0.1, 0.15) is 10.8 Å². The van der Waals surface area contributed by atoms with E-state index in [9.17, 15) is 4.79 Å². The maximum atomic E-state index is 11.4. The molecule has 0 atom stereocenters. The first-order valence-corrected chi connectivity index (χ1v) is 6.50. The van der Waals surface area contributed by atoms with Crippen molar-refractivity contribution in [3.63, 3.8) is 0 Å². The van der Waals surface area contributed by atoms with E-state index in [0.717, 1.165) is 17.1 Å². The van der Waals surface area contributed by atoms with Crippen LogP contribution in [0.1, 0.15) is 25.8 Å². The largest absolute Gasteiger partial charge is 0.383 e. The van der Waals surface area contributed by atoms with Crippen molar-refractivity contribution in [2.45, 2.75) is 27.2 Å². The third-order valence-corrected chi connectivity index (χ3v) is 3.23. The maximum Gasteiger partial charge on any atom is 0.221 e. The van der Waals surface area contributed by atoms with Gasteiger partial charge in [0.05, 0.1) is 0 Å². The Hall–Kier alpha value is -1.30. The summed E-state index contributed by atoms with van der Waals surface area (Å²) >= 11 is 1.33. The van der Waals surface area contributed by atoms with Gasteiger partial charge in [0.25, 0.3) is 0 Å². The smallest absolute Gasteiger partial charge is 0.221 e. The first-order chi connectivity index (χ1) is 8.00. The topological polar surface area (TPSA) is 80.0 Å². The van der Waals surface area contributed by atoms with Crippen LogP contribution >= 0.6 is 11.5 Å². The number of nitrogens with two attached hydrogens (primary N) is 1. The number of rotatable bonds is 6. The van der Waals surface area contributed by atoms with Crippen LogP contribution in [0.5, 0.6) is 0 Å². The van der Waals surface area contributed by atoms with Gasteiger partial charge in [-0.1, -0.05) is 13.8 Å².